The molecular weight excluding hydrogens is 460 g/mol. The van der Waals surface area contributed by atoms with Crippen LogP contribution in [0.15, 0.2) is 47.4 Å². The van der Waals surface area contributed by atoms with Crippen molar-refractivity contribution in [1.82, 2.24) is 10.2 Å². The number of hydrogen-bond donors (Lipinski definition) is 5. The Morgan fingerprint density at radius 1 is 1.22 bits per heavy atom. The highest BCUT2D eigenvalue weighted by molar-refractivity contribution is 7.89. The van der Waals surface area contributed by atoms with Crippen molar-refractivity contribution in [2.75, 3.05) is 13.2 Å². The number of benzene rings is 2. The lowest BCUT2D eigenvalue weighted by Crippen LogP contribution is -2.42. The first-order valence-corrected chi connectivity index (χ1v) is 11.4. The number of carboxylic acids is 1. The van der Waals surface area contributed by atoms with E-state index in [1.54, 1.807) is 43.3 Å². The van der Waals surface area contributed by atoms with E-state index in [9.17, 15) is 18.3 Å². The van der Waals surface area contributed by atoms with Crippen molar-refractivity contribution in [3.63, 3.8) is 0 Å². The predicted octanol–water partition coefficient (Wildman–Crippen LogP) is 1.81. The van der Waals surface area contributed by atoms with Gasteiger partial charge >= 0.3 is 5.97 Å². The fourth-order valence-corrected chi connectivity index (χ4v) is 4.81. The summed E-state index contributed by atoms with van der Waals surface area (Å²) in [5.41, 5.74) is 8.31. The van der Waals surface area contributed by atoms with Crippen molar-refractivity contribution in [1.29, 1.82) is 5.41 Å². The fourth-order valence-electron chi connectivity index (χ4n) is 2.79. The number of nitrogens with two attached hydrogens (primary N) is 1. The van der Waals surface area contributed by atoms with Gasteiger partial charge < -0.3 is 15.6 Å². The average Bonchev–Trinajstić information content (AvgIpc) is 2.70. The average molecular weight is 485 g/mol. The Hall–Kier alpha value is -2.86. The number of aliphatic carboxylic acids is 1. The van der Waals surface area contributed by atoms with Gasteiger partial charge in [-0.15, -0.1) is 0 Å². The second kappa shape index (κ2) is 11.7. The van der Waals surface area contributed by atoms with Gasteiger partial charge in [-0.3, -0.25) is 15.0 Å². The highest BCUT2D eigenvalue weighted by Gasteiger charge is 2.28. The number of guanidine groups is 1. The van der Waals surface area contributed by atoms with E-state index in [1.165, 1.54) is 6.07 Å². The van der Waals surface area contributed by atoms with E-state index in [-0.39, 0.29) is 22.3 Å². The van der Waals surface area contributed by atoms with Crippen LogP contribution in [0.5, 0.6) is 5.75 Å². The molecule has 0 aliphatic carbocycles. The molecule has 0 aliphatic heterocycles. The summed E-state index contributed by atoms with van der Waals surface area (Å²) in [6, 6.07) is 9.90. The van der Waals surface area contributed by atoms with Gasteiger partial charge in [-0.05, 0) is 42.7 Å². The highest BCUT2D eigenvalue weighted by Crippen LogP contribution is 2.25. The van der Waals surface area contributed by atoms with Crippen LogP contribution in [0.2, 0.25) is 5.02 Å². The Kier molecular flexibility index (Phi) is 9.27. The minimum atomic E-state index is -4.14. The number of carbonyl (C=O) groups is 1. The van der Waals surface area contributed by atoms with Crippen LogP contribution in [-0.2, 0) is 26.1 Å². The van der Waals surface area contributed by atoms with Gasteiger partial charge in [0.1, 0.15) is 16.7 Å². The third kappa shape index (κ3) is 7.68. The highest BCUT2D eigenvalue weighted by atomic mass is 35.5. The van der Waals surface area contributed by atoms with E-state index in [0.29, 0.717) is 36.5 Å². The topological polar surface area (TPSA) is 164 Å². The van der Waals surface area contributed by atoms with E-state index < -0.39 is 22.0 Å². The van der Waals surface area contributed by atoms with Crippen molar-refractivity contribution in [2.24, 2.45) is 5.73 Å². The van der Waals surface area contributed by atoms with Crippen LogP contribution in [0.25, 0.3) is 0 Å². The number of nitrogens with one attached hydrogen (secondary N) is 3. The maximum Gasteiger partial charge on any atom is 0.322 e. The van der Waals surface area contributed by atoms with Crippen molar-refractivity contribution >= 4 is 33.6 Å². The Morgan fingerprint density at radius 3 is 2.50 bits per heavy atom. The Balaban J connectivity index is 1.97. The van der Waals surface area contributed by atoms with Crippen LogP contribution in [0.3, 0.4) is 0 Å². The maximum atomic E-state index is 12.8. The zero-order valence-corrected chi connectivity index (χ0v) is 18.9. The van der Waals surface area contributed by atoms with Crippen molar-refractivity contribution in [2.45, 2.75) is 30.7 Å². The SMILES string of the molecule is Cc1cccc(Cl)c1S(=O)(=O)N[C@@H](Cc1ccc(OCCCONC(=N)N)cc1)C(=O)O. The van der Waals surface area contributed by atoms with Crippen LogP contribution >= 0.6 is 11.6 Å². The second-order valence-electron chi connectivity index (χ2n) is 6.81. The van der Waals surface area contributed by atoms with Gasteiger partial charge in [-0.2, -0.15) is 4.72 Å². The molecule has 2 aromatic rings. The lowest BCUT2D eigenvalue weighted by molar-refractivity contribution is -0.138. The van der Waals surface area contributed by atoms with Crippen LogP contribution in [0, 0.1) is 12.3 Å². The van der Waals surface area contributed by atoms with Gasteiger partial charge in [0.15, 0.2) is 0 Å². The summed E-state index contributed by atoms with van der Waals surface area (Å²) in [4.78, 5) is 16.5. The Bertz CT molecular complexity index is 1030. The molecule has 32 heavy (non-hydrogen) atoms. The number of aryl methyl sites for hydroxylation is 1. The smallest absolute Gasteiger partial charge is 0.322 e. The zero-order valence-electron chi connectivity index (χ0n) is 17.3. The molecule has 0 heterocycles. The number of ether oxygens (including phenoxy) is 1. The quantitative estimate of drug-likeness (QED) is 0.132. The number of carboxylic acid groups (broad SMARTS) is 1. The maximum absolute atomic E-state index is 12.8. The molecule has 0 unspecified atom stereocenters. The fraction of sp³-hybridized carbons (Fsp3) is 0.300. The minimum Gasteiger partial charge on any atom is -0.494 e. The normalized spacial score (nSPS) is 12.2. The number of hydrogen-bond acceptors (Lipinski definition) is 6. The third-order valence-corrected chi connectivity index (χ3v) is 6.33. The first-order valence-electron chi connectivity index (χ1n) is 9.54. The standard InChI is InChI=1S/C20H25ClN4O6S/c1-13-4-2-5-16(21)18(13)32(28,29)25-17(19(26)27)12-14-6-8-15(9-7-14)30-10-3-11-31-24-20(22)23/h2,4-9,17,25H,3,10-12H2,1H3,(H,26,27)(H4,22,23,24)/t17-/m0/s1. The molecule has 0 fully saturated rings. The first kappa shape index (κ1) is 25.4. The van der Waals surface area contributed by atoms with E-state index in [0.717, 1.165) is 0 Å². The summed E-state index contributed by atoms with van der Waals surface area (Å²) in [5.74, 6) is -1.03. The summed E-state index contributed by atoms with van der Waals surface area (Å²) >= 11 is 6.03. The molecule has 0 saturated carbocycles. The molecule has 2 rings (SSSR count). The molecule has 174 valence electrons. The summed E-state index contributed by atoms with van der Waals surface area (Å²) in [5, 5.41) is 16.5. The molecular formula is C20H25ClN4O6S. The van der Waals surface area contributed by atoms with Crippen LogP contribution < -0.4 is 20.7 Å². The molecule has 12 heteroatoms. The summed E-state index contributed by atoms with van der Waals surface area (Å²) in [7, 11) is -4.14. The van der Waals surface area contributed by atoms with Gasteiger partial charge in [0, 0.05) is 6.42 Å². The lowest BCUT2D eigenvalue weighted by Gasteiger charge is -2.17. The Labute approximate surface area is 191 Å². The second-order valence-corrected chi connectivity index (χ2v) is 8.87. The van der Waals surface area contributed by atoms with Crippen LogP contribution in [0.1, 0.15) is 17.5 Å². The molecule has 2 aromatic carbocycles. The summed E-state index contributed by atoms with van der Waals surface area (Å²) < 4.78 is 33.3. The molecule has 0 radical (unpaired) electrons. The van der Waals surface area contributed by atoms with E-state index in [1.807, 2.05) is 0 Å². The third-order valence-electron chi connectivity index (χ3n) is 4.23. The number of sulfonamides is 1. The Morgan fingerprint density at radius 2 is 1.91 bits per heavy atom. The molecule has 0 amide bonds. The van der Waals surface area contributed by atoms with Crippen LogP contribution in [0.4, 0.5) is 0 Å². The minimum absolute atomic E-state index is 0.0191. The van der Waals surface area contributed by atoms with Crippen molar-refractivity contribution < 1.29 is 27.9 Å². The number of rotatable bonds is 12. The van der Waals surface area contributed by atoms with Crippen LogP contribution in [-0.4, -0.2) is 44.7 Å². The van der Waals surface area contributed by atoms with Gasteiger partial charge in [0.05, 0.1) is 18.2 Å². The molecule has 0 aromatic heterocycles. The largest absolute Gasteiger partial charge is 0.494 e. The number of hydroxylamine groups is 1. The van der Waals surface area contributed by atoms with Crippen molar-refractivity contribution in [3.05, 3.63) is 58.6 Å². The predicted molar refractivity (Wildman–Crippen MR) is 119 cm³/mol. The molecule has 0 bridgehead atoms. The van der Waals surface area contributed by atoms with E-state index >= 15 is 0 Å². The molecule has 0 spiro atoms. The van der Waals surface area contributed by atoms with E-state index in [4.69, 9.17) is 32.3 Å². The van der Waals surface area contributed by atoms with Gasteiger partial charge in [0.2, 0.25) is 16.0 Å². The zero-order chi connectivity index (χ0) is 23.7. The lowest BCUT2D eigenvalue weighted by atomic mass is 10.1. The molecule has 0 saturated heterocycles. The summed E-state index contributed by atoms with van der Waals surface area (Å²) in [6.45, 7) is 2.23. The number of halogens is 1. The van der Waals surface area contributed by atoms with Gasteiger partial charge in [0.25, 0.3) is 0 Å². The van der Waals surface area contributed by atoms with Crippen molar-refractivity contribution in [3.8, 4) is 5.75 Å². The molecule has 1 atom stereocenters. The van der Waals surface area contributed by atoms with Gasteiger partial charge in [-0.1, -0.05) is 35.9 Å². The summed E-state index contributed by atoms with van der Waals surface area (Å²) in [6.07, 6.45) is 0.481. The van der Waals surface area contributed by atoms with Gasteiger partial charge in [-0.25, -0.2) is 13.9 Å². The van der Waals surface area contributed by atoms with E-state index in [2.05, 4.69) is 10.2 Å². The molecule has 6 N–H and O–H groups in total. The molecule has 10 nitrogen and oxygen atoms in total. The monoisotopic (exact) mass is 484 g/mol. The first-order chi connectivity index (χ1) is 15.1. The molecule has 0 aliphatic rings.